The average molecular weight is 460 g/mol. The topological polar surface area (TPSA) is 69.7 Å². The maximum atomic E-state index is 13.4. The molecule has 0 radical (unpaired) electrons. The highest BCUT2D eigenvalue weighted by Gasteiger charge is 2.47. The first-order chi connectivity index (χ1) is 15.5. The van der Waals surface area contributed by atoms with Gasteiger partial charge in [0, 0.05) is 42.7 Å². The number of benzene rings is 1. The Hall–Kier alpha value is -2.08. The molecule has 0 spiro atoms. The standard InChI is InChI=1S/C25H34ClN3O3/c26-20-10-7-9-19(16-20)25(32)29-21-11-4-3-8-18(21)17-22(29)24(31)27-13-12-23(30)28-14-5-1-2-6-15-28/h7,9-10,16,18,21-22H,1-6,8,11-15,17H2,(H,27,31). The van der Waals surface area contributed by atoms with Crippen LogP contribution in [0.5, 0.6) is 0 Å². The van der Waals surface area contributed by atoms with Gasteiger partial charge in [0.25, 0.3) is 5.91 Å². The van der Waals surface area contributed by atoms with Gasteiger partial charge < -0.3 is 15.1 Å². The molecule has 1 aromatic rings. The summed E-state index contributed by atoms with van der Waals surface area (Å²) in [7, 11) is 0. The Labute approximate surface area is 195 Å². The second-order valence-electron chi connectivity index (χ2n) is 9.42. The molecule has 3 unspecified atom stereocenters. The molecule has 0 aromatic heterocycles. The molecule has 1 aromatic carbocycles. The van der Waals surface area contributed by atoms with Gasteiger partial charge in [-0.2, -0.15) is 0 Å². The van der Waals surface area contributed by atoms with Crippen LogP contribution >= 0.6 is 11.6 Å². The van der Waals surface area contributed by atoms with E-state index in [1.165, 1.54) is 12.8 Å². The molecule has 3 atom stereocenters. The number of halogens is 1. The first kappa shape index (κ1) is 23.1. The second-order valence-corrected chi connectivity index (χ2v) is 9.86. The second kappa shape index (κ2) is 10.7. The lowest BCUT2D eigenvalue weighted by Crippen LogP contribution is -2.50. The Kier molecular flexibility index (Phi) is 7.71. The van der Waals surface area contributed by atoms with Crippen molar-refractivity contribution in [2.75, 3.05) is 19.6 Å². The summed E-state index contributed by atoms with van der Waals surface area (Å²) in [5.74, 6) is 0.210. The van der Waals surface area contributed by atoms with Crippen molar-refractivity contribution in [3.63, 3.8) is 0 Å². The predicted octanol–water partition coefficient (Wildman–Crippen LogP) is 4.02. The lowest BCUT2D eigenvalue weighted by Gasteiger charge is -2.33. The van der Waals surface area contributed by atoms with Crippen molar-refractivity contribution in [1.82, 2.24) is 15.1 Å². The summed E-state index contributed by atoms with van der Waals surface area (Å²) in [6, 6.07) is 6.58. The van der Waals surface area contributed by atoms with Crippen LogP contribution in [0.4, 0.5) is 0 Å². The molecule has 1 aliphatic carbocycles. The Morgan fingerprint density at radius 3 is 2.50 bits per heavy atom. The molecular weight excluding hydrogens is 426 g/mol. The van der Waals surface area contributed by atoms with E-state index >= 15 is 0 Å². The molecule has 6 nitrogen and oxygen atoms in total. The minimum Gasteiger partial charge on any atom is -0.354 e. The maximum Gasteiger partial charge on any atom is 0.254 e. The van der Waals surface area contributed by atoms with E-state index in [9.17, 15) is 14.4 Å². The molecular formula is C25H34ClN3O3. The zero-order valence-electron chi connectivity index (χ0n) is 18.7. The molecule has 7 heteroatoms. The van der Waals surface area contributed by atoms with Crippen LogP contribution in [0, 0.1) is 5.92 Å². The van der Waals surface area contributed by atoms with E-state index in [-0.39, 0.29) is 23.8 Å². The van der Waals surface area contributed by atoms with Gasteiger partial charge in [-0.3, -0.25) is 14.4 Å². The van der Waals surface area contributed by atoms with Crippen molar-refractivity contribution < 1.29 is 14.4 Å². The molecule has 174 valence electrons. The van der Waals surface area contributed by atoms with Crippen molar-refractivity contribution in [1.29, 1.82) is 0 Å². The quantitative estimate of drug-likeness (QED) is 0.722. The number of rotatable bonds is 5. The third kappa shape index (κ3) is 5.28. The summed E-state index contributed by atoms with van der Waals surface area (Å²) in [6.07, 6.45) is 9.72. The van der Waals surface area contributed by atoms with Gasteiger partial charge in [0.2, 0.25) is 11.8 Å². The SMILES string of the molecule is O=C(NCCC(=O)N1CCCCCC1)C1CC2CCCCC2N1C(=O)c1cccc(Cl)c1. The number of amides is 3. The third-order valence-electron chi connectivity index (χ3n) is 7.29. The lowest BCUT2D eigenvalue weighted by atomic mass is 9.84. The Balaban J connectivity index is 1.40. The largest absolute Gasteiger partial charge is 0.354 e. The molecule has 32 heavy (non-hydrogen) atoms. The van der Waals surface area contributed by atoms with Crippen LogP contribution in [-0.2, 0) is 9.59 Å². The normalized spacial score (nSPS) is 25.7. The van der Waals surface area contributed by atoms with E-state index in [4.69, 9.17) is 11.6 Å². The van der Waals surface area contributed by atoms with Gasteiger partial charge in [0.15, 0.2) is 0 Å². The van der Waals surface area contributed by atoms with Crippen LogP contribution in [-0.4, -0.2) is 59.2 Å². The number of likely N-dealkylation sites (tertiary alicyclic amines) is 2. The number of carbonyl (C=O) groups excluding carboxylic acids is 3. The predicted molar refractivity (Wildman–Crippen MR) is 124 cm³/mol. The van der Waals surface area contributed by atoms with E-state index in [0.29, 0.717) is 35.9 Å². The maximum absolute atomic E-state index is 13.4. The molecule has 2 saturated heterocycles. The van der Waals surface area contributed by atoms with Crippen LogP contribution in [0.2, 0.25) is 5.02 Å². The fraction of sp³-hybridized carbons (Fsp3) is 0.640. The average Bonchev–Trinajstić information content (AvgIpc) is 2.97. The van der Waals surface area contributed by atoms with Gasteiger partial charge in [-0.25, -0.2) is 0 Å². The minimum absolute atomic E-state index is 0.102. The fourth-order valence-corrected chi connectivity index (χ4v) is 5.84. The number of hydrogen-bond acceptors (Lipinski definition) is 3. The van der Waals surface area contributed by atoms with Crippen LogP contribution in [0.1, 0.15) is 74.6 Å². The van der Waals surface area contributed by atoms with E-state index in [2.05, 4.69) is 5.32 Å². The highest BCUT2D eigenvalue weighted by Crippen LogP contribution is 2.40. The zero-order valence-corrected chi connectivity index (χ0v) is 19.5. The Morgan fingerprint density at radius 2 is 1.75 bits per heavy atom. The fourth-order valence-electron chi connectivity index (χ4n) is 5.65. The first-order valence-corrected chi connectivity index (χ1v) is 12.6. The van der Waals surface area contributed by atoms with E-state index in [1.54, 1.807) is 29.2 Å². The van der Waals surface area contributed by atoms with Crippen LogP contribution < -0.4 is 5.32 Å². The molecule has 3 aliphatic rings. The van der Waals surface area contributed by atoms with E-state index in [1.807, 2.05) is 4.90 Å². The van der Waals surface area contributed by atoms with E-state index < -0.39 is 6.04 Å². The van der Waals surface area contributed by atoms with Crippen LogP contribution in [0.25, 0.3) is 0 Å². The van der Waals surface area contributed by atoms with Gasteiger partial charge in [-0.05, 0) is 56.2 Å². The van der Waals surface area contributed by atoms with Crippen molar-refractivity contribution in [3.8, 4) is 0 Å². The molecule has 1 N–H and O–H groups in total. The minimum atomic E-state index is -0.483. The van der Waals surface area contributed by atoms with Crippen LogP contribution in [0.15, 0.2) is 24.3 Å². The highest BCUT2D eigenvalue weighted by atomic mass is 35.5. The van der Waals surface area contributed by atoms with Gasteiger partial charge in [0.05, 0.1) is 0 Å². The summed E-state index contributed by atoms with van der Waals surface area (Å²) in [5, 5.41) is 3.48. The van der Waals surface area contributed by atoms with Gasteiger partial charge in [-0.15, -0.1) is 0 Å². The molecule has 3 amide bonds. The molecule has 0 bridgehead atoms. The number of hydrogen-bond donors (Lipinski definition) is 1. The smallest absolute Gasteiger partial charge is 0.254 e. The lowest BCUT2D eigenvalue weighted by molar-refractivity contribution is -0.131. The summed E-state index contributed by atoms with van der Waals surface area (Å²) in [4.78, 5) is 42.9. The van der Waals surface area contributed by atoms with E-state index in [0.717, 1.165) is 51.6 Å². The van der Waals surface area contributed by atoms with Crippen LogP contribution in [0.3, 0.4) is 0 Å². The monoisotopic (exact) mass is 459 g/mol. The molecule has 4 rings (SSSR count). The zero-order chi connectivity index (χ0) is 22.5. The van der Waals surface area contributed by atoms with Gasteiger partial charge in [-0.1, -0.05) is 43.4 Å². The van der Waals surface area contributed by atoms with Crippen molar-refractivity contribution in [2.24, 2.45) is 5.92 Å². The molecule has 2 heterocycles. The summed E-state index contributed by atoms with van der Waals surface area (Å²) in [5.41, 5.74) is 0.526. The number of nitrogens with one attached hydrogen (secondary N) is 1. The van der Waals surface area contributed by atoms with Crippen molar-refractivity contribution >= 4 is 29.3 Å². The molecule has 2 aliphatic heterocycles. The van der Waals surface area contributed by atoms with Crippen molar-refractivity contribution in [2.45, 2.75) is 76.3 Å². The first-order valence-electron chi connectivity index (χ1n) is 12.2. The highest BCUT2D eigenvalue weighted by molar-refractivity contribution is 6.31. The summed E-state index contributed by atoms with van der Waals surface area (Å²) in [6.45, 7) is 1.96. The summed E-state index contributed by atoms with van der Waals surface area (Å²) >= 11 is 6.12. The number of nitrogens with zero attached hydrogens (tertiary/aromatic N) is 2. The third-order valence-corrected chi connectivity index (χ3v) is 7.53. The Morgan fingerprint density at radius 1 is 1.00 bits per heavy atom. The Bertz CT molecular complexity index is 837. The number of fused-ring (bicyclic) bond motifs is 1. The molecule has 1 saturated carbocycles. The molecule has 3 fully saturated rings. The number of carbonyl (C=O) groups is 3. The summed E-state index contributed by atoms with van der Waals surface area (Å²) < 4.78 is 0. The van der Waals surface area contributed by atoms with Gasteiger partial charge in [0.1, 0.15) is 6.04 Å². The van der Waals surface area contributed by atoms with Crippen molar-refractivity contribution in [3.05, 3.63) is 34.9 Å². The van der Waals surface area contributed by atoms with Gasteiger partial charge >= 0.3 is 0 Å².